The average Bonchev–Trinajstić information content (AvgIpc) is 3.11. The van der Waals surface area contributed by atoms with E-state index in [0.717, 1.165) is 26.2 Å². The normalized spacial score (nSPS) is 30.3. The first-order valence-corrected chi connectivity index (χ1v) is 6.05. The molecule has 2 atom stereocenters. The SMILES string of the molecule is Fc1ccc(C2CC2N2CCNCC2)cc1. The van der Waals surface area contributed by atoms with E-state index in [4.69, 9.17) is 0 Å². The van der Waals surface area contributed by atoms with E-state index in [2.05, 4.69) is 10.2 Å². The lowest BCUT2D eigenvalue weighted by Crippen LogP contribution is -2.44. The van der Waals surface area contributed by atoms with Gasteiger partial charge in [-0.25, -0.2) is 4.39 Å². The molecule has 0 bridgehead atoms. The second-order valence-electron chi connectivity index (χ2n) is 4.75. The third kappa shape index (κ3) is 1.97. The molecule has 1 saturated heterocycles. The van der Waals surface area contributed by atoms with Crippen molar-refractivity contribution in [3.63, 3.8) is 0 Å². The monoisotopic (exact) mass is 220 g/mol. The van der Waals surface area contributed by atoms with Crippen LogP contribution in [0.4, 0.5) is 4.39 Å². The van der Waals surface area contributed by atoms with Gasteiger partial charge in [0.2, 0.25) is 0 Å². The fourth-order valence-corrected chi connectivity index (χ4v) is 2.67. The Hall–Kier alpha value is -0.930. The first-order chi connectivity index (χ1) is 7.84. The Labute approximate surface area is 95.4 Å². The number of halogens is 1. The summed E-state index contributed by atoms with van der Waals surface area (Å²) in [7, 11) is 0. The van der Waals surface area contributed by atoms with E-state index in [1.54, 1.807) is 12.1 Å². The van der Waals surface area contributed by atoms with Gasteiger partial charge in [0.05, 0.1) is 0 Å². The van der Waals surface area contributed by atoms with Gasteiger partial charge in [-0.1, -0.05) is 12.1 Å². The second-order valence-corrected chi connectivity index (χ2v) is 4.75. The third-order valence-corrected chi connectivity index (χ3v) is 3.68. The van der Waals surface area contributed by atoms with E-state index in [9.17, 15) is 4.39 Å². The zero-order valence-corrected chi connectivity index (χ0v) is 9.32. The van der Waals surface area contributed by atoms with Crippen LogP contribution in [0, 0.1) is 5.82 Å². The molecule has 1 aliphatic heterocycles. The molecule has 1 aromatic rings. The largest absolute Gasteiger partial charge is 0.314 e. The van der Waals surface area contributed by atoms with Crippen LogP contribution in [0.25, 0.3) is 0 Å². The Balaban J connectivity index is 1.64. The number of rotatable bonds is 2. The topological polar surface area (TPSA) is 15.3 Å². The van der Waals surface area contributed by atoms with Gasteiger partial charge in [0.25, 0.3) is 0 Å². The van der Waals surface area contributed by atoms with Crippen LogP contribution in [-0.2, 0) is 0 Å². The van der Waals surface area contributed by atoms with Crippen molar-refractivity contribution in [3.8, 4) is 0 Å². The van der Waals surface area contributed by atoms with Gasteiger partial charge >= 0.3 is 0 Å². The number of piperazine rings is 1. The molecule has 0 aromatic heterocycles. The summed E-state index contributed by atoms with van der Waals surface area (Å²) in [6, 6.07) is 7.71. The molecular weight excluding hydrogens is 203 g/mol. The molecule has 2 aliphatic rings. The highest BCUT2D eigenvalue weighted by Gasteiger charge is 2.42. The second kappa shape index (κ2) is 4.15. The van der Waals surface area contributed by atoms with Gasteiger partial charge in [-0.05, 0) is 24.1 Å². The lowest BCUT2D eigenvalue weighted by atomic mass is 10.1. The van der Waals surface area contributed by atoms with Gasteiger partial charge in [-0.2, -0.15) is 0 Å². The summed E-state index contributed by atoms with van der Waals surface area (Å²) in [5.74, 6) is 0.502. The lowest BCUT2D eigenvalue weighted by Gasteiger charge is -2.27. The summed E-state index contributed by atoms with van der Waals surface area (Å²) < 4.78 is 12.8. The predicted molar refractivity (Wildman–Crippen MR) is 62.0 cm³/mol. The van der Waals surface area contributed by atoms with Crippen LogP contribution in [-0.4, -0.2) is 37.1 Å². The quantitative estimate of drug-likeness (QED) is 0.814. The van der Waals surface area contributed by atoms with Gasteiger partial charge in [0.1, 0.15) is 5.82 Å². The molecule has 1 aliphatic carbocycles. The summed E-state index contributed by atoms with van der Waals surface area (Å²) >= 11 is 0. The highest BCUT2D eigenvalue weighted by atomic mass is 19.1. The Morgan fingerprint density at radius 1 is 1.12 bits per heavy atom. The van der Waals surface area contributed by atoms with Gasteiger partial charge in [-0.3, -0.25) is 4.90 Å². The van der Waals surface area contributed by atoms with Crippen molar-refractivity contribution in [1.29, 1.82) is 0 Å². The van der Waals surface area contributed by atoms with Crippen LogP contribution in [0.3, 0.4) is 0 Å². The number of nitrogens with zero attached hydrogens (tertiary/aromatic N) is 1. The van der Waals surface area contributed by atoms with Crippen LogP contribution < -0.4 is 5.32 Å². The van der Waals surface area contributed by atoms with Crippen LogP contribution >= 0.6 is 0 Å². The smallest absolute Gasteiger partial charge is 0.123 e. The fourth-order valence-electron chi connectivity index (χ4n) is 2.67. The van der Waals surface area contributed by atoms with Crippen molar-refractivity contribution in [2.75, 3.05) is 26.2 Å². The van der Waals surface area contributed by atoms with Crippen LogP contribution in [0.1, 0.15) is 17.9 Å². The molecule has 0 radical (unpaired) electrons. The summed E-state index contributed by atoms with van der Waals surface area (Å²) in [5, 5.41) is 3.37. The van der Waals surface area contributed by atoms with E-state index >= 15 is 0 Å². The third-order valence-electron chi connectivity index (χ3n) is 3.68. The summed E-state index contributed by atoms with van der Waals surface area (Å²) in [6.07, 6.45) is 1.24. The number of hydrogen-bond acceptors (Lipinski definition) is 2. The molecule has 1 saturated carbocycles. The number of hydrogen-bond donors (Lipinski definition) is 1. The number of nitrogens with one attached hydrogen (secondary N) is 1. The van der Waals surface area contributed by atoms with Gasteiger partial charge < -0.3 is 5.32 Å². The van der Waals surface area contributed by atoms with E-state index in [-0.39, 0.29) is 5.82 Å². The summed E-state index contributed by atoms with van der Waals surface area (Å²) in [6.45, 7) is 4.52. The van der Waals surface area contributed by atoms with Crippen molar-refractivity contribution >= 4 is 0 Å². The van der Waals surface area contributed by atoms with Crippen molar-refractivity contribution in [3.05, 3.63) is 35.6 Å². The van der Waals surface area contributed by atoms with Gasteiger partial charge in [0.15, 0.2) is 0 Å². The van der Waals surface area contributed by atoms with E-state index in [1.807, 2.05) is 12.1 Å². The molecule has 2 fully saturated rings. The zero-order valence-electron chi connectivity index (χ0n) is 9.32. The van der Waals surface area contributed by atoms with Crippen LogP contribution in [0.15, 0.2) is 24.3 Å². The Morgan fingerprint density at radius 2 is 1.81 bits per heavy atom. The molecule has 2 unspecified atom stereocenters. The average molecular weight is 220 g/mol. The minimum absolute atomic E-state index is 0.136. The molecule has 0 spiro atoms. The highest BCUT2D eigenvalue weighted by molar-refractivity contribution is 5.28. The molecule has 3 rings (SSSR count). The Bertz CT molecular complexity index is 357. The Morgan fingerprint density at radius 3 is 2.50 bits per heavy atom. The standard InChI is InChI=1S/C13H17FN2/c14-11-3-1-10(2-4-11)12-9-13(12)16-7-5-15-6-8-16/h1-4,12-13,15H,5-9H2. The maximum absolute atomic E-state index is 12.8. The van der Waals surface area contributed by atoms with E-state index < -0.39 is 0 Å². The highest BCUT2D eigenvalue weighted by Crippen LogP contribution is 2.44. The van der Waals surface area contributed by atoms with Crippen LogP contribution in [0.2, 0.25) is 0 Å². The van der Waals surface area contributed by atoms with Gasteiger partial charge in [-0.15, -0.1) is 0 Å². The number of benzene rings is 1. The molecule has 16 heavy (non-hydrogen) atoms. The molecule has 1 aromatic carbocycles. The fraction of sp³-hybridized carbons (Fsp3) is 0.538. The minimum Gasteiger partial charge on any atom is -0.314 e. The first kappa shape index (κ1) is 10.2. The summed E-state index contributed by atoms with van der Waals surface area (Å²) in [4.78, 5) is 2.56. The molecular formula is C13H17FN2. The molecule has 2 nitrogen and oxygen atoms in total. The Kier molecular flexibility index (Phi) is 2.65. The minimum atomic E-state index is -0.136. The van der Waals surface area contributed by atoms with Crippen molar-refractivity contribution in [2.45, 2.75) is 18.4 Å². The van der Waals surface area contributed by atoms with Crippen molar-refractivity contribution < 1.29 is 4.39 Å². The molecule has 1 heterocycles. The first-order valence-electron chi connectivity index (χ1n) is 6.05. The molecule has 0 amide bonds. The van der Waals surface area contributed by atoms with E-state index in [1.165, 1.54) is 12.0 Å². The predicted octanol–water partition coefficient (Wildman–Crippen LogP) is 1.59. The van der Waals surface area contributed by atoms with Gasteiger partial charge in [0, 0.05) is 38.1 Å². The maximum Gasteiger partial charge on any atom is 0.123 e. The van der Waals surface area contributed by atoms with Crippen molar-refractivity contribution in [2.24, 2.45) is 0 Å². The molecule has 1 N–H and O–H groups in total. The van der Waals surface area contributed by atoms with Crippen molar-refractivity contribution in [1.82, 2.24) is 10.2 Å². The maximum atomic E-state index is 12.8. The summed E-state index contributed by atoms with van der Waals surface area (Å²) in [5.41, 5.74) is 1.30. The van der Waals surface area contributed by atoms with E-state index in [0.29, 0.717) is 12.0 Å². The van der Waals surface area contributed by atoms with Crippen LogP contribution in [0.5, 0.6) is 0 Å². The lowest BCUT2D eigenvalue weighted by molar-refractivity contribution is 0.228. The molecule has 86 valence electrons. The zero-order chi connectivity index (χ0) is 11.0. The molecule has 3 heteroatoms.